The number of benzene rings is 1. The fraction of sp³-hybridized carbons (Fsp3) is 0.600. The van der Waals surface area contributed by atoms with Crippen LogP contribution in [0.1, 0.15) is 64.7 Å². The van der Waals surface area contributed by atoms with Crippen molar-refractivity contribution in [2.45, 2.75) is 72.1 Å². The van der Waals surface area contributed by atoms with E-state index in [0.29, 0.717) is 6.42 Å². The summed E-state index contributed by atoms with van der Waals surface area (Å²) in [5.41, 5.74) is 4.85. The summed E-state index contributed by atoms with van der Waals surface area (Å²) in [4.78, 5) is 73.1. The van der Waals surface area contributed by atoms with Gasteiger partial charge in [0.15, 0.2) is 0 Å². The summed E-state index contributed by atoms with van der Waals surface area (Å²) in [6, 6.07) is 1.65. The van der Waals surface area contributed by atoms with Gasteiger partial charge in [-0.05, 0) is 51.7 Å². The van der Waals surface area contributed by atoms with E-state index in [1.54, 1.807) is 34.6 Å². The van der Waals surface area contributed by atoms with E-state index in [2.05, 4.69) is 26.6 Å². The molecule has 2 atom stereocenters. The van der Waals surface area contributed by atoms with Crippen LogP contribution in [0.3, 0.4) is 0 Å². The lowest BCUT2D eigenvalue weighted by Crippen LogP contribution is -2.54. The van der Waals surface area contributed by atoms with Crippen LogP contribution < -0.4 is 37.1 Å². The van der Waals surface area contributed by atoms with Crippen molar-refractivity contribution in [1.82, 2.24) is 21.3 Å². The molecule has 1 rings (SSSR count). The fourth-order valence-corrected chi connectivity index (χ4v) is 3.88. The number of hydrogen-bond acceptors (Lipinski definition) is 10. The normalized spacial score (nSPS) is 12.3. The fourth-order valence-electron chi connectivity index (χ4n) is 3.88. The maximum Gasteiger partial charge on any atom is 0.407 e. The molecule has 0 heterocycles. The third-order valence-corrected chi connectivity index (χ3v) is 5.96. The predicted octanol–water partition coefficient (Wildman–Crippen LogP) is 1.43. The maximum absolute atomic E-state index is 13.3. The molecule has 0 radical (unpaired) electrons. The minimum Gasteiger partial charge on any atom is -0.490 e. The number of ether oxygens (including phenoxy) is 4. The van der Waals surface area contributed by atoms with Gasteiger partial charge in [-0.2, -0.15) is 0 Å². The van der Waals surface area contributed by atoms with Gasteiger partial charge in [-0.1, -0.05) is 13.8 Å². The summed E-state index contributed by atoms with van der Waals surface area (Å²) in [7, 11) is 1.22. The number of methoxy groups -OCH3 is 1. The molecule has 0 fully saturated rings. The van der Waals surface area contributed by atoms with Crippen LogP contribution in [0.15, 0.2) is 18.2 Å². The first-order valence-corrected chi connectivity index (χ1v) is 14.9. The highest BCUT2D eigenvalue weighted by Gasteiger charge is 2.28. The number of anilines is 1. The first kappa shape index (κ1) is 39.4. The van der Waals surface area contributed by atoms with E-state index < -0.39 is 53.5 Å². The van der Waals surface area contributed by atoms with Crippen molar-refractivity contribution in [1.29, 1.82) is 0 Å². The molecule has 0 aliphatic rings. The molecule has 258 valence electrons. The lowest BCUT2D eigenvalue weighted by molar-refractivity contribution is -0.131. The summed E-state index contributed by atoms with van der Waals surface area (Å²) in [6.45, 7) is 10.8. The zero-order valence-electron chi connectivity index (χ0n) is 27.6. The van der Waals surface area contributed by atoms with E-state index in [1.165, 1.54) is 32.2 Å². The van der Waals surface area contributed by atoms with E-state index >= 15 is 0 Å². The first-order chi connectivity index (χ1) is 21.5. The van der Waals surface area contributed by atoms with Crippen molar-refractivity contribution in [3.05, 3.63) is 23.8 Å². The van der Waals surface area contributed by atoms with Gasteiger partial charge in [0.2, 0.25) is 17.7 Å². The van der Waals surface area contributed by atoms with Crippen LogP contribution >= 0.6 is 0 Å². The molecule has 0 saturated heterocycles. The Bertz CT molecular complexity index is 1200. The molecule has 0 unspecified atom stereocenters. The molecular weight excluding hydrogens is 604 g/mol. The van der Waals surface area contributed by atoms with Gasteiger partial charge in [-0.3, -0.25) is 14.4 Å². The topological polar surface area (TPSA) is 226 Å². The Kier molecular flexibility index (Phi) is 16.9. The van der Waals surface area contributed by atoms with Crippen LogP contribution in [-0.2, 0) is 28.6 Å². The number of primary amides is 1. The molecule has 7 N–H and O–H groups in total. The van der Waals surface area contributed by atoms with Crippen molar-refractivity contribution in [3.63, 3.8) is 0 Å². The average Bonchev–Trinajstić information content (AvgIpc) is 2.95. The predicted molar refractivity (Wildman–Crippen MR) is 168 cm³/mol. The number of carbonyl (C=O) groups excluding carboxylic acids is 6. The molecular formula is C30H48N6O10. The average molecular weight is 653 g/mol. The number of rotatable bonds is 18. The minimum absolute atomic E-state index is 0.0269. The number of urea groups is 1. The van der Waals surface area contributed by atoms with Gasteiger partial charge in [0.05, 0.1) is 20.3 Å². The van der Waals surface area contributed by atoms with Gasteiger partial charge >= 0.3 is 18.1 Å². The quantitative estimate of drug-likeness (QED) is 0.0988. The maximum atomic E-state index is 13.3. The number of esters is 1. The number of carbonyl (C=O) groups is 6. The van der Waals surface area contributed by atoms with Crippen molar-refractivity contribution in [2.24, 2.45) is 11.7 Å². The molecule has 0 aromatic heterocycles. The number of amides is 6. The monoisotopic (exact) mass is 652 g/mol. The van der Waals surface area contributed by atoms with Gasteiger partial charge < -0.3 is 51.3 Å². The lowest BCUT2D eigenvalue weighted by Gasteiger charge is -2.25. The molecule has 0 saturated carbocycles. The second-order valence-electron chi connectivity index (χ2n) is 11.5. The molecule has 46 heavy (non-hydrogen) atoms. The molecule has 1 aromatic carbocycles. The Labute approximate surface area is 269 Å². The van der Waals surface area contributed by atoms with Crippen LogP contribution in [0.2, 0.25) is 0 Å². The highest BCUT2D eigenvalue weighted by Crippen LogP contribution is 2.25. The molecule has 1 aromatic rings. The Morgan fingerprint density at radius 1 is 0.913 bits per heavy atom. The summed E-state index contributed by atoms with van der Waals surface area (Å²) >= 11 is 0. The van der Waals surface area contributed by atoms with Crippen molar-refractivity contribution in [2.75, 3.05) is 45.3 Å². The Morgan fingerprint density at radius 3 is 2.20 bits per heavy atom. The molecule has 16 nitrogen and oxygen atoms in total. The van der Waals surface area contributed by atoms with Crippen LogP contribution in [0.5, 0.6) is 5.75 Å². The summed E-state index contributed by atoms with van der Waals surface area (Å²) in [5.74, 6) is -2.37. The second kappa shape index (κ2) is 19.7. The standard InChI is InChI=1S/C30H48N6O10/c1-18(2)24(34-19(3)37)26(39)36-22(9-8-12-32-28(31)41)25(38)35-20-10-11-21(27(40)43-7)23(17-20)45-16-15-44-14-13-33-29(42)46-30(4,5)6/h10-11,17-18,22,24H,8-9,12-16H2,1-7H3,(H,33,42)(H,34,37)(H,35,38)(H,36,39)(H3,31,32,41)/t22-,24-/m0/s1. The van der Waals surface area contributed by atoms with Gasteiger partial charge in [0.25, 0.3) is 0 Å². The van der Waals surface area contributed by atoms with Crippen LogP contribution in [0.4, 0.5) is 15.3 Å². The van der Waals surface area contributed by atoms with E-state index in [9.17, 15) is 28.8 Å². The SMILES string of the molecule is COC(=O)c1ccc(NC(=O)[C@H](CCCNC(N)=O)NC(=O)[C@@H](NC(C)=O)C(C)C)cc1OCCOCCNC(=O)OC(C)(C)C. The van der Waals surface area contributed by atoms with Gasteiger partial charge in [0.1, 0.15) is 35.6 Å². The summed E-state index contributed by atoms with van der Waals surface area (Å²) in [5, 5.41) is 13.0. The van der Waals surface area contributed by atoms with E-state index in [0.717, 1.165) is 0 Å². The first-order valence-electron chi connectivity index (χ1n) is 14.9. The molecule has 0 aliphatic carbocycles. The Hall–Kier alpha value is -4.60. The number of nitrogens with one attached hydrogen (secondary N) is 5. The zero-order valence-corrected chi connectivity index (χ0v) is 27.6. The number of alkyl carbamates (subject to hydrolysis) is 1. The van der Waals surface area contributed by atoms with Gasteiger partial charge in [-0.15, -0.1) is 0 Å². The van der Waals surface area contributed by atoms with Gasteiger partial charge in [0, 0.05) is 31.8 Å². The van der Waals surface area contributed by atoms with Crippen molar-refractivity contribution in [3.8, 4) is 5.75 Å². The molecule has 6 amide bonds. The highest BCUT2D eigenvalue weighted by molar-refractivity contribution is 5.99. The lowest BCUT2D eigenvalue weighted by atomic mass is 10.0. The molecule has 0 aliphatic heterocycles. The number of nitrogens with two attached hydrogens (primary N) is 1. The third-order valence-electron chi connectivity index (χ3n) is 5.96. The Morgan fingerprint density at radius 2 is 1.61 bits per heavy atom. The largest absolute Gasteiger partial charge is 0.490 e. The van der Waals surface area contributed by atoms with Gasteiger partial charge in [-0.25, -0.2) is 14.4 Å². The Balaban J connectivity index is 2.95. The van der Waals surface area contributed by atoms with Crippen molar-refractivity contribution >= 4 is 41.5 Å². The molecule has 16 heteroatoms. The van der Waals surface area contributed by atoms with Crippen LogP contribution in [0, 0.1) is 5.92 Å². The second-order valence-corrected chi connectivity index (χ2v) is 11.5. The smallest absolute Gasteiger partial charge is 0.407 e. The zero-order chi connectivity index (χ0) is 34.9. The highest BCUT2D eigenvalue weighted by atomic mass is 16.6. The molecule has 0 bridgehead atoms. The summed E-state index contributed by atoms with van der Waals surface area (Å²) in [6.07, 6.45) is -0.131. The molecule has 0 spiro atoms. The van der Waals surface area contributed by atoms with E-state index in [1.807, 2.05) is 0 Å². The van der Waals surface area contributed by atoms with Crippen molar-refractivity contribution < 1.29 is 47.7 Å². The third kappa shape index (κ3) is 15.9. The minimum atomic E-state index is -1.05. The summed E-state index contributed by atoms with van der Waals surface area (Å²) < 4.78 is 21.2. The van der Waals surface area contributed by atoms with Crippen LogP contribution in [-0.4, -0.2) is 93.5 Å². The number of hydrogen-bond donors (Lipinski definition) is 6. The van der Waals surface area contributed by atoms with E-state index in [4.69, 9.17) is 24.7 Å². The van der Waals surface area contributed by atoms with E-state index in [-0.39, 0.29) is 62.2 Å². The van der Waals surface area contributed by atoms with Crippen LogP contribution in [0.25, 0.3) is 0 Å².